The molecule has 0 bridgehead atoms. The van der Waals surface area contributed by atoms with Gasteiger partial charge in [0.25, 0.3) is 5.91 Å². The maximum absolute atomic E-state index is 12.7. The molecule has 0 unspecified atom stereocenters. The summed E-state index contributed by atoms with van der Waals surface area (Å²) < 4.78 is 6.13. The quantitative estimate of drug-likeness (QED) is 0.362. The number of rotatable bonds is 7. The SMILES string of the molecule is CC(C)[C@@H](NC(=O)c1ccc(Br)c(NC(=O)OCC2c3ccccc3-c3ccccc32)c1)C(=O)O. The minimum atomic E-state index is -1.11. The Bertz CT molecular complexity index is 1240. The molecule has 1 aliphatic carbocycles. The predicted molar refractivity (Wildman–Crippen MR) is 137 cm³/mol. The third kappa shape index (κ3) is 5.22. The number of ether oxygens (including phenoxy) is 1. The molecule has 4 rings (SSSR count). The van der Waals surface area contributed by atoms with Crippen molar-refractivity contribution in [2.24, 2.45) is 5.92 Å². The van der Waals surface area contributed by atoms with Gasteiger partial charge in [0.15, 0.2) is 0 Å². The van der Waals surface area contributed by atoms with Crippen LogP contribution < -0.4 is 10.6 Å². The van der Waals surface area contributed by atoms with Crippen molar-refractivity contribution in [2.45, 2.75) is 25.8 Å². The summed E-state index contributed by atoms with van der Waals surface area (Å²) in [5.74, 6) is -2.01. The van der Waals surface area contributed by atoms with Crippen LogP contribution in [0.25, 0.3) is 11.1 Å². The average Bonchev–Trinajstić information content (AvgIpc) is 3.15. The highest BCUT2D eigenvalue weighted by Crippen LogP contribution is 2.44. The molecule has 0 aliphatic heterocycles. The zero-order chi connectivity index (χ0) is 25.1. The van der Waals surface area contributed by atoms with Gasteiger partial charge in [-0.1, -0.05) is 62.4 Å². The first kappa shape index (κ1) is 24.5. The lowest BCUT2D eigenvalue weighted by atomic mass is 9.98. The van der Waals surface area contributed by atoms with Gasteiger partial charge in [-0.15, -0.1) is 0 Å². The number of aliphatic carboxylic acids is 1. The number of halogens is 1. The van der Waals surface area contributed by atoms with E-state index in [9.17, 15) is 19.5 Å². The molecule has 0 fully saturated rings. The highest BCUT2D eigenvalue weighted by Gasteiger charge is 2.29. The van der Waals surface area contributed by atoms with Crippen LogP contribution in [-0.2, 0) is 9.53 Å². The average molecular weight is 537 g/mol. The van der Waals surface area contributed by atoms with E-state index in [1.165, 1.54) is 6.07 Å². The molecule has 3 aromatic rings. The molecule has 0 saturated heterocycles. The number of carboxylic acids is 1. The molecule has 180 valence electrons. The fourth-order valence-corrected chi connectivity index (χ4v) is 4.59. The van der Waals surface area contributed by atoms with Crippen molar-refractivity contribution < 1.29 is 24.2 Å². The molecule has 0 aromatic heterocycles. The molecule has 1 atom stereocenters. The predicted octanol–water partition coefficient (Wildman–Crippen LogP) is 5.65. The summed E-state index contributed by atoms with van der Waals surface area (Å²) in [5, 5.41) is 14.5. The van der Waals surface area contributed by atoms with Gasteiger partial charge >= 0.3 is 12.1 Å². The van der Waals surface area contributed by atoms with Gasteiger partial charge in [-0.3, -0.25) is 10.1 Å². The Kier molecular flexibility index (Phi) is 7.21. The van der Waals surface area contributed by atoms with Crippen LogP contribution in [0.5, 0.6) is 0 Å². The second-order valence-electron chi connectivity index (χ2n) is 8.68. The number of hydrogen-bond donors (Lipinski definition) is 3. The fraction of sp³-hybridized carbons (Fsp3) is 0.222. The maximum atomic E-state index is 12.7. The second kappa shape index (κ2) is 10.3. The third-order valence-electron chi connectivity index (χ3n) is 6.03. The molecule has 8 heteroatoms. The number of amides is 2. The molecule has 3 N–H and O–H groups in total. The zero-order valence-electron chi connectivity index (χ0n) is 19.2. The largest absolute Gasteiger partial charge is 0.480 e. The van der Waals surface area contributed by atoms with Gasteiger partial charge < -0.3 is 15.2 Å². The Labute approximate surface area is 211 Å². The van der Waals surface area contributed by atoms with E-state index >= 15 is 0 Å². The number of carboxylic acid groups (broad SMARTS) is 1. The number of carbonyl (C=O) groups excluding carboxylic acids is 2. The molecule has 3 aromatic carbocycles. The Morgan fingerprint density at radius 3 is 2.14 bits per heavy atom. The fourth-order valence-electron chi connectivity index (χ4n) is 4.24. The minimum absolute atomic E-state index is 0.0716. The summed E-state index contributed by atoms with van der Waals surface area (Å²) in [4.78, 5) is 36.7. The number of hydrogen-bond acceptors (Lipinski definition) is 4. The van der Waals surface area contributed by atoms with Crippen LogP contribution in [-0.4, -0.2) is 35.7 Å². The van der Waals surface area contributed by atoms with Crippen LogP contribution in [0.3, 0.4) is 0 Å². The molecule has 2 amide bonds. The van der Waals surface area contributed by atoms with E-state index in [2.05, 4.69) is 38.7 Å². The second-order valence-corrected chi connectivity index (χ2v) is 9.53. The van der Waals surface area contributed by atoms with Gasteiger partial charge in [0, 0.05) is 16.0 Å². The van der Waals surface area contributed by atoms with Crippen molar-refractivity contribution in [1.82, 2.24) is 5.32 Å². The smallest absolute Gasteiger partial charge is 0.411 e. The summed E-state index contributed by atoms with van der Waals surface area (Å²) in [6.45, 7) is 3.59. The van der Waals surface area contributed by atoms with Gasteiger partial charge in [0.05, 0.1) is 5.69 Å². The van der Waals surface area contributed by atoms with E-state index < -0.39 is 24.0 Å². The van der Waals surface area contributed by atoms with Gasteiger partial charge in [0.1, 0.15) is 12.6 Å². The number of nitrogens with one attached hydrogen (secondary N) is 2. The van der Waals surface area contributed by atoms with E-state index in [-0.39, 0.29) is 24.0 Å². The van der Waals surface area contributed by atoms with Crippen LogP contribution in [0.4, 0.5) is 10.5 Å². The number of benzene rings is 3. The summed E-state index contributed by atoms with van der Waals surface area (Å²) in [6.07, 6.45) is -0.657. The van der Waals surface area contributed by atoms with Crippen molar-refractivity contribution in [3.63, 3.8) is 0 Å². The maximum Gasteiger partial charge on any atom is 0.411 e. The lowest BCUT2D eigenvalue weighted by molar-refractivity contribution is -0.140. The molecule has 0 spiro atoms. The van der Waals surface area contributed by atoms with Crippen LogP contribution in [0.15, 0.2) is 71.2 Å². The van der Waals surface area contributed by atoms with Gasteiger partial charge in [-0.25, -0.2) is 9.59 Å². The summed E-state index contributed by atoms with van der Waals surface area (Å²) in [5.41, 5.74) is 5.05. The van der Waals surface area contributed by atoms with E-state index in [1.807, 2.05) is 36.4 Å². The number of anilines is 1. The van der Waals surface area contributed by atoms with Crippen molar-refractivity contribution in [1.29, 1.82) is 0 Å². The van der Waals surface area contributed by atoms with Crippen LogP contribution in [0.1, 0.15) is 41.3 Å². The first-order valence-electron chi connectivity index (χ1n) is 11.2. The monoisotopic (exact) mass is 536 g/mol. The lowest BCUT2D eigenvalue weighted by Gasteiger charge is -2.18. The topological polar surface area (TPSA) is 105 Å². The third-order valence-corrected chi connectivity index (χ3v) is 6.72. The lowest BCUT2D eigenvalue weighted by Crippen LogP contribution is -2.44. The normalized spacial score (nSPS) is 13.0. The van der Waals surface area contributed by atoms with Crippen molar-refractivity contribution in [3.8, 4) is 11.1 Å². The number of carbonyl (C=O) groups is 3. The van der Waals surface area contributed by atoms with Crippen molar-refractivity contribution in [3.05, 3.63) is 87.9 Å². The minimum Gasteiger partial charge on any atom is -0.480 e. The highest BCUT2D eigenvalue weighted by molar-refractivity contribution is 9.10. The van der Waals surface area contributed by atoms with Gasteiger partial charge in [-0.05, 0) is 62.3 Å². The highest BCUT2D eigenvalue weighted by atomic mass is 79.9. The Balaban J connectivity index is 1.45. The molecule has 0 saturated carbocycles. The van der Waals surface area contributed by atoms with E-state index in [0.29, 0.717) is 10.2 Å². The molecule has 35 heavy (non-hydrogen) atoms. The molecule has 1 aliphatic rings. The van der Waals surface area contributed by atoms with E-state index in [1.54, 1.807) is 26.0 Å². The van der Waals surface area contributed by atoms with Crippen LogP contribution >= 0.6 is 15.9 Å². The molecule has 7 nitrogen and oxygen atoms in total. The zero-order valence-corrected chi connectivity index (χ0v) is 20.8. The Morgan fingerprint density at radius 1 is 0.971 bits per heavy atom. The number of fused-ring (bicyclic) bond motifs is 3. The molecule has 0 radical (unpaired) electrons. The van der Waals surface area contributed by atoms with Crippen LogP contribution in [0, 0.1) is 5.92 Å². The van der Waals surface area contributed by atoms with E-state index in [0.717, 1.165) is 22.3 Å². The Hall–Kier alpha value is -3.65. The van der Waals surface area contributed by atoms with Crippen molar-refractivity contribution in [2.75, 3.05) is 11.9 Å². The standard InChI is InChI=1S/C27H25BrN2O5/c1-15(2)24(26(32)33)30-25(31)16-11-12-22(28)23(13-16)29-27(34)35-14-21-19-9-5-3-7-17(19)18-8-4-6-10-20(18)21/h3-13,15,21,24H,14H2,1-2H3,(H,29,34)(H,30,31)(H,32,33)/t24-/m1/s1. The first-order chi connectivity index (χ1) is 16.8. The van der Waals surface area contributed by atoms with Crippen molar-refractivity contribution >= 4 is 39.6 Å². The summed E-state index contributed by atoms with van der Waals surface area (Å²) in [7, 11) is 0. The van der Waals surface area contributed by atoms with Gasteiger partial charge in [-0.2, -0.15) is 0 Å². The molecule has 0 heterocycles. The van der Waals surface area contributed by atoms with Crippen LogP contribution in [0.2, 0.25) is 0 Å². The molecular weight excluding hydrogens is 512 g/mol. The Morgan fingerprint density at radius 2 is 1.57 bits per heavy atom. The summed E-state index contributed by atoms with van der Waals surface area (Å²) in [6, 6.07) is 19.7. The summed E-state index contributed by atoms with van der Waals surface area (Å²) >= 11 is 3.37. The molecular formula is C27H25BrN2O5. The van der Waals surface area contributed by atoms with E-state index in [4.69, 9.17) is 4.74 Å². The van der Waals surface area contributed by atoms with Gasteiger partial charge in [0.2, 0.25) is 0 Å². The first-order valence-corrected chi connectivity index (χ1v) is 12.0.